The van der Waals surface area contributed by atoms with Crippen molar-refractivity contribution >= 4 is 15.9 Å². The topological polar surface area (TPSA) is 63.2 Å². The highest BCUT2D eigenvalue weighted by Gasteiger charge is 2.33. The highest BCUT2D eigenvalue weighted by atomic mass is 32.2. The zero-order valence-corrected chi connectivity index (χ0v) is 8.67. The van der Waals surface area contributed by atoms with Crippen LogP contribution < -0.4 is 4.72 Å². The summed E-state index contributed by atoms with van der Waals surface area (Å²) in [6.07, 6.45) is 2.11. The summed E-state index contributed by atoms with van der Waals surface area (Å²) >= 11 is 0. The monoisotopic (exact) mass is 223 g/mol. The van der Waals surface area contributed by atoms with E-state index in [1.165, 1.54) is 6.07 Å². The van der Waals surface area contributed by atoms with E-state index < -0.39 is 15.9 Å². The van der Waals surface area contributed by atoms with Crippen molar-refractivity contribution in [1.82, 2.24) is 4.72 Å². The lowest BCUT2D eigenvalue weighted by molar-refractivity contribution is 0.0984. The average molecular weight is 223 g/mol. The Morgan fingerprint density at radius 3 is 2.80 bits per heavy atom. The van der Waals surface area contributed by atoms with Crippen molar-refractivity contribution in [2.75, 3.05) is 0 Å². The summed E-state index contributed by atoms with van der Waals surface area (Å²) < 4.78 is 24.9. The molecule has 0 saturated carbocycles. The minimum absolute atomic E-state index is 0.0619. The Morgan fingerprint density at radius 1 is 1.40 bits per heavy atom. The summed E-state index contributed by atoms with van der Waals surface area (Å²) in [6.45, 7) is 3.56. The third kappa shape index (κ3) is 1.45. The fourth-order valence-corrected chi connectivity index (χ4v) is 2.82. The van der Waals surface area contributed by atoms with E-state index in [4.69, 9.17) is 0 Å². The van der Waals surface area contributed by atoms with Gasteiger partial charge in [0, 0.05) is 0 Å². The summed E-state index contributed by atoms with van der Waals surface area (Å²) in [5.74, 6) is -0.553. The number of rotatable bonds is 2. The Labute approximate surface area is 87.7 Å². The van der Waals surface area contributed by atoms with Gasteiger partial charge < -0.3 is 0 Å². The summed E-state index contributed by atoms with van der Waals surface area (Å²) in [4.78, 5) is 11.5. The third-order valence-electron chi connectivity index (χ3n) is 2.22. The van der Waals surface area contributed by atoms with Crippen LogP contribution in [0.3, 0.4) is 0 Å². The second kappa shape index (κ2) is 3.20. The van der Waals surface area contributed by atoms with Crippen molar-refractivity contribution in [2.24, 2.45) is 0 Å². The first-order valence-corrected chi connectivity index (χ1v) is 5.84. The quantitative estimate of drug-likeness (QED) is 0.756. The molecule has 1 heterocycles. The lowest BCUT2D eigenvalue weighted by Crippen LogP contribution is -2.21. The minimum atomic E-state index is -3.63. The van der Waals surface area contributed by atoms with E-state index in [0.29, 0.717) is 12.0 Å². The van der Waals surface area contributed by atoms with Gasteiger partial charge in [-0.05, 0) is 18.1 Å². The molecule has 0 unspecified atom stereocenters. The van der Waals surface area contributed by atoms with Gasteiger partial charge >= 0.3 is 0 Å². The molecule has 1 N–H and O–H groups in total. The molecule has 0 saturated heterocycles. The SMILES string of the molecule is C=CCc1cccc2c1C(=O)NS2(=O)=O. The van der Waals surface area contributed by atoms with Crippen molar-refractivity contribution in [3.8, 4) is 0 Å². The average Bonchev–Trinajstić information content (AvgIpc) is 2.39. The number of sulfonamides is 1. The van der Waals surface area contributed by atoms with E-state index in [0.717, 1.165) is 0 Å². The molecular weight excluding hydrogens is 214 g/mol. The summed E-state index contributed by atoms with van der Waals surface area (Å²) in [7, 11) is -3.63. The van der Waals surface area contributed by atoms with Crippen molar-refractivity contribution in [2.45, 2.75) is 11.3 Å². The number of carbonyl (C=O) groups is 1. The van der Waals surface area contributed by atoms with Crippen LogP contribution >= 0.6 is 0 Å². The van der Waals surface area contributed by atoms with Crippen LogP contribution in [-0.4, -0.2) is 14.3 Å². The van der Waals surface area contributed by atoms with Crippen molar-refractivity contribution in [3.05, 3.63) is 42.0 Å². The summed E-state index contributed by atoms with van der Waals surface area (Å²) in [5, 5.41) is 0. The second-order valence-corrected chi connectivity index (χ2v) is 4.87. The fourth-order valence-electron chi connectivity index (χ4n) is 1.61. The van der Waals surface area contributed by atoms with Gasteiger partial charge in [0.05, 0.1) is 5.56 Å². The molecule has 78 valence electrons. The Morgan fingerprint density at radius 2 is 2.13 bits per heavy atom. The van der Waals surface area contributed by atoms with E-state index in [1.54, 1.807) is 18.2 Å². The van der Waals surface area contributed by atoms with Crippen molar-refractivity contribution < 1.29 is 13.2 Å². The van der Waals surface area contributed by atoms with Gasteiger partial charge in [0.15, 0.2) is 0 Å². The summed E-state index contributed by atoms with van der Waals surface area (Å²) in [6, 6.07) is 4.77. The Hall–Kier alpha value is -1.62. The Bertz CT molecular complexity index is 546. The fraction of sp³-hybridized carbons (Fsp3) is 0.100. The number of amides is 1. The van der Waals surface area contributed by atoms with Gasteiger partial charge in [0.1, 0.15) is 4.90 Å². The van der Waals surface area contributed by atoms with E-state index in [9.17, 15) is 13.2 Å². The normalized spacial score (nSPS) is 16.9. The largest absolute Gasteiger partial charge is 0.268 e. The predicted octanol–water partition coefficient (Wildman–Crippen LogP) is 0.847. The van der Waals surface area contributed by atoms with E-state index in [2.05, 4.69) is 6.58 Å². The standard InChI is InChI=1S/C10H9NO3S/c1-2-4-7-5-3-6-8-9(7)10(12)11-15(8,13)14/h2-3,5-6H,1,4H2,(H,11,12). The van der Waals surface area contributed by atoms with Crippen LogP contribution in [0, 0.1) is 0 Å². The molecule has 1 aromatic carbocycles. The smallest absolute Gasteiger partial charge is 0.266 e. The van der Waals surface area contributed by atoms with Gasteiger partial charge in [-0.3, -0.25) is 4.79 Å². The van der Waals surface area contributed by atoms with Gasteiger partial charge in [-0.2, -0.15) is 0 Å². The van der Waals surface area contributed by atoms with Crippen LogP contribution in [0.1, 0.15) is 15.9 Å². The number of hydrogen-bond acceptors (Lipinski definition) is 3. The molecule has 0 atom stereocenters. The van der Waals surface area contributed by atoms with E-state index in [1.807, 2.05) is 4.72 Å². The van der Waals surface area contributed by atoms with Gasteiger partial charge in [-0.15, -0.1) is 6.58 Å². The number of fused-ring (bicyclic) bond motifs is 1. The first-order chi connectivity index (χ1) is 7.06. The maximum atomic E-state index is 11.5. The maximum Gasteiger partial charge on any atom is 0.266 e. The lowest BCUT2D eigenvalue weighted by Gasteiger charge is -2.01. The highest BCUT2D eigenvalue weighted by molar-refractivity contribution is 7.90. The molecule has 1 aliphatic heterocycles. The zero-order valence-electron chi connectivity index (χ0n) is 7.86. The number of nitrogens with one attached hydrogen (secondary N) is 1. The minimum Gasteiger partial charge on any atom is -0.268 e. The molecule has 4 nitrogen and oxygen atoms in total. The van der Waals surface area contributed by atoms with Crippen LogP contribution in [-0.2, 0) is 16.4 Å². The molecule has 1 amide bonds. The molecular formula is C10H9NO3S. The molecule has 1 aromatic rings. The van der Waals surface area contributed by atoms with E-state index in [-0.39, 0.29) is 10.5 Å². The van der Waals surface area contributed by atoms with Crippen LogP contribution in [0.4, 0.5) is 0 Å². The molecule has 0 bridgehead atoms. The molecule has 0 aromatic heterocycles. The van der Waals surface area contributed by atoms with Gasteiger partial charge in [0.25, 0.3) is 15.9 Å². The zero-order chi connectivity index (χ0) is 11.1. The van der Waals surface area contributed by atoms with Crippen LogP contribution in [0.2, 0.25) is 0 Å². The molecule has 0 aliphatic carbocycles. The molecule has 0 spiro atoms. The summed E-state index contributed by atoms with van der Waals surface area (Å²) in [5.41, 5.74) is 0.929. The molecule has 1 aliphatic rings. The predicted molar refractivity (Wildman–Crippen MR) is 55.0 cm³/mol. The molecule has 15 heavy (non-hydrogen) atoms. The van der Waals surface area contributed by atoms with Crippen LogP contribution in [0.25, 0.3) is 0 Å². The molecule has 5 heteroatoms. The molecule has 0 fully saturated rings. The van der Waals surface area contributed by atoms with E-state index >= 15 is 0 Å². The number of allylic oxidation sites excluding steroid dienone is 1. The number of hydrogen-bond donors (Lipinski definition) is 1. The van der Waals surface area contributed by atoms with Gasteiger partial charge in [-0.1, -0.05) is 18.2 Å². The van der Waals surface area contributed by atoms with Crippen LogP contribution in [0.15, 0.2) is 35.7 Å². The van der Waals surface area contributed by atoms with Gasteiger partial charge in [-0.25, -0.2) is 13.1 Å². The lowest BCUT2D eigenvalue weighted by atomic mass is 10.0. The van der Waals surface area contributed by atoms with Crippen molar-refractivity contribution in [3.63, 3.8) is 0 Å². The highest BCUT2D eigenvalue weighted by Crippen LogP contribution is 2.25. The Kier molecular flexibility index (Phi) is 2.12. The molecule has 0 radical (unpaired) electrons. The van der Waals surface area contributed by atoms with Gasteiger partial charge in [0.2, 0.25) is 0 Å². The third-order valence-corrected chi connectivity index (χ3v) is 3.59. The number of benzene rings is 1. The Balaban J connectivity index is 2.72. The van der Waals surface area contributed by atoms with Crippen LogP contribution in [0.5, 0.6) is 0 Å². The van der Waals surface area contributed by atoms with Crippen molar-refractivity contribution in [1.29, 1.82) is 0 Å². The first kappa shape index (κ1) is 9.92. The maximum absolute atomic E-state index is 11.5. The molecule has 2 rings (SSSR count). The second-order valence-electron chi connectivity index (χ2n) is 3.22. The first-order valence-electron chi connectivity index (χ1n) is 4.36. The number of carbonyl (C=O) groups excluding carboxylic acids is 1.